The molecule has 19 heavy (non-hydrogen) atoms. The van der Waals surface area contributed by atoms with Crippen molar-refractivity contribution >= 4 is 13.7 Å². The molecule has 0 rings (SSSR count). The van der Waals surface area contributed by atoms with Gasteiger partial charge in [-0.1, -0.05) is 19.8 Å². The highest BCUT2D eigenvalue weighted by atomic mass is 31.2. The lowest BCUT2D eigenvalue weighted by atomic mass is 10.2. The Hall–Kier alpha value is -0.420. The maximum Gasteiger partial charge on any atom is 0.474 e. The smallest absolute Gasteiger partial charge is 0.356 e. The van der Waals surface area contributed by atoms with Gasteiger partial charge in [-0.3, -0.25) is 18.4 Å². The normalized spacial score (nSPS) is 14.1. The average Bonchev–Trinajstić information content (AvgIpc) is 2.41. The lowest BCUT2D eigenvalue weighted by Crippen LogP contribution is -2.23. The summed E-state index contributed by atoms with van der Waals surface area (Å²) in [7, 11) is -2.02. The van der Waals surface area contributed by atoms with Crippen LogP contribution >= 0.6 is 7.82 Å². The summed E-state index contributed by atoms with van der Waals surface area (Å²) in [6, 6.07) is 0. The van der Waals surface area contributed by atoms with Crippen LogP contribution in [-0.2, 0) is 22.9 Å². The van der Waals surface area contributed by atoms with Gasteiger partial charge in [0.2, 0.25) is 5.91 Å². The fourth-order valence-corrected chi connectivity index (χ4v) is 2.36. The van der Waals surface area contributed by atoms with Gasteiger partial charge in [0.05, 0.1) is 13.2 Å². The van der Waals surface area contributed by atoms with Gasteiger partial charge in [0.15, 0.2) is 0 Å². The summed E-state index contributed by atoms with van der Waals surface area (Å²) in [4.78, 5) is 11.0. The molecule has 0 spiro atoms. The molecule has 0 aliphatic heterocycles. The van der Waals surface area contributed by atoms with Gasteiger partial charge in [-0.15, -0.1) is 0 Å². The molecule has 0 aromatic carbocycles. The van der Waals surface area contributed by atoms with E-state index in [0.29, 0.717) is 26.2 Å². The Kier molecular flexibility index (Phi) is 11.2. The summed E-state index contributed by atoms with van der Waals surface area (Å²) in [6.07, 6.45) is 4.22. The summed E-state index contributed by atoms with van der Waals surface area (Å²) < 4.78 is 26.5. The Morgan fingerprint density at radius 2 is 1.84 bits per heavy atom. The van der Waals surface area contributed by atoms with Gasteiger partial charge in [0.25, 0.3) is 0 Å². The van der Waals surface area contributed by atoms with E-state index in [0.717, 1.165) is 25.7 Å². The molecule has 1 amide bonds. The third kappa shape index (κ3) is 10.1. The van der Waals surface area contributed by atoms with E-state index in [9.17, 15) is 9.36 Å². The van der Waals surface area contributed by atoms with Crippen molar-refractivity contribution in [1.82, 2.24) is 5.32 Å². The van der Waals surface area contributed by atoms with Crippen LogP contribution in [0.25, 0.3) is 0 Å². The molecule has 7 heteroatoms. The van der Waals surface area contributed by atoms with Gasteiger partial charge >= 0.3 is 7.82 Å². The van der Waals surface area contributed by atoms with Gasteiger partial charge in [0, 0.05) is 21.5 Å². The first-order valence-corrected chi connectivity index (χ1v) is 8.25. The molecule has 0 heterocycles. The minimum atomic E-state index is -3.34. The number of unbranched alkanes of at least 4 members (excludes halogenated alkanes) is 3. The first-order chi connectivity index (χ1) is 9.08. The maximum atomic E-state index is 11.7. The zero-order valence-electron chi connectivity index (χ0n) is 12.1. The first kappa shape index (κ1) is 18.6. The first-order valence-electron chi connectivity index (χ1n) is 6.79. The number of carbonyl (C=O) groups is 1. The van der Waals surface area contributed by atoms with E-state index in [1.807, 2.05) is 6.92 Å². The third-order valence-electron chi connectivity index (χ3n) is 2.47. The summed E-state index contributed by atoms with van der Waals surface area (Å²) in [5, 5.41) is 2.82. The number of hydrogen-bond acceptors (Lipinski definition) is 5. The highest BCUT2D eigenvalue weighted by Gasteiger charge is 2.23. The average molecular weight is 297 g/mol. The molecule has 0 radical (unpaired) electrons. The Morgan fingerprint density at radius 1 is 1.16 bits per heavy atom. The molecular weight excluding hydrogens is 269 g/mol. The van der Waals surface area contributed by atoms with Crippen molar-refractivity contribution in [3.8, 4) is 0 Å². The van der Waals surface area contributed by atoms with Crippen molar-refractivity contribution in [2.45, 2.75) is 46.0 Å². The van der Waals surface area contributed by atoms with E-state index in [2.05, 4.69) is 5.32 Å². The second-order valence-corrected chi connectivity index (χ2v) is 5.77. The topological polar surface area (TPSA) is 73.9 Å². The Balaban J connectivity index is 0. The van der Waals surface area contributed by atoms with Gasteiger partial charge in [0.1, 0.15) is 0 Å². The molecule has 0 saturated carbocycles. The molecule has 0 aromatic heterocycles. The van der Waals surface area contributed by atoms with Crippen LogP contribution in [0.3, 0.4) is 0 Å². The molecule has 0 fully saturated rings. The van der Waals surface area contributed by atoms with E-state index in [4.69, 9.17) is 13.6 Å². The number of nitrogens with one attached hydrogen (secondary N) is 1. The SMILES string of the molecule is CCOP(=O)(OC)OCCCCCCNC(=O)CC.[HH]. The summed E-state index contributed by atoms with van der Waals surface area (Å²) in [6.45, 7) is 4.93. The number of phosphoric acid groups is 1. The fourth-order valence-electron chi connectivity index (χ4n) is 1.41. The van der Waals surface area contributed by atoms with Gasteiger partial charge in [-0.2, -0.15) is 0 Å². The van der Waals surface area contributed by atoms with Crippen LogP contribution in [0.1, 0.15) is 47.4 Å². The minimum Gasteiger partial charge on any atom is -0.356 e. The van der Waals surface area contributed by atoms with E-state index in [1.165, 1.54) is 7.11 Å². The molecule has 0 saturated heterocycles. The summed E-state index contributed by atoms with van der Waals surface area (Å²) in [5.41, 5.74) is 0. The predicted octanol–water partition coefficient (Wildman–Crippen LogP) is 3.13. The molecule has 0 aliphatic carbocycles. The quantitative estimate of drug-likeness (QED) is 0.442. The number of amides is 1. The van der Waals surface area contributed by atoms with Crippen molar-refractivity contribution in [2.75, 3.05) is 26.9 Å². The molecule has 0 aliphatic rings. The van der Waals surface area contributed by atoms with Gasteiger partial charge in [-0.05, 0) is 19.8 Å². The maximum absolute atomic E-state index is 11.7. The Labute approximate surface area is 117 Å². The van der Waals surface area contributed by atoms with Gasteiger partial charge < -0.3 is 5.32 Å². The lowest BCUT2D eigenvalue weighted by molar-refractivity contribution is -0.120. The lowest BCUT2D eigenvalue weighted by Gasteiger charge is -2.14. The molecule has 0 aromatic rings. The monoisotopic (exact) mass is 297 g/mol. The second kappa shape index (κ2) is 11.4. The molecule has 6 nitrogen and oxygen atoms in total. The zero-order chi connectivity index (χ0) is 14.6. The Morgan fingerprint density at radius 3 is 2.42 bits per heavy atom. The van der Waals surface area contributed by atoms with Crippen molar-refractivity contribution in [3.05, 3.63) is 0 Å². The van der Waals surface area contributed by atoms with Crippen molar-refractivity contribution in [3.63, 3.8) is 0 Å². The zero-order valence-corrected chi connectivity index (χ0v) is 13.0. The molecule has 1 atom stereocenters. The van der Waals surface area contributed by atoms with Crippen LogP contribution in [0.5, 0.6) is 0 Å². The number of rotatable bonds is 12. The van der Waals surface area contributed by atoms with Crippen LogP contribution in [-0.4, -0.2) is 32.8 Å². The predicted molar refractivity (Wildman–Crippen MR) is 76.1 cm³/mol. The standard InChI is InChI=1S/C12H26NO5P.H2/c1-4-12(14)13-10-8-6-7-9-11-18-19(15,16-3)17-5-2;/h4-11H2,1-3H3,(H,13,14);1H. The van der Waals surface area contributed by atoms with E-state index in [1.54, 1.807) is 6.92 Å². The number of hydrogen-bond donors (Lipinski definition) is 1. The third-order valence-corrected chi connectivity index (χ3v) is 4.00. The van der Waals surface area contributed by atoms with Crippen molar-refractivity contribution in [1.29, 1.82) is 0 Å². The van der Waals surface area contributed by atoms with Crippen molar-refractivity contribution in [2.24, 2.45) is 0 Å². The molecular formula is C12H28NO5P. The highest BCUT2D eigenvalue weighted by Crippen LogP contribution is 2.48. The molecule has 116 valence electrons. The van der Waals surface area contributed by atoms with E-state index in [-0.39, 0.29) is 7.33 Å². The molecule has 0 bridgehead atoms. The van der Waals surface area contributed by atoms with Crippen molar-refractivity contribution < 1.29 is 24.4 Å². The summed E-state index contributed by atoms with van der Waals surface area (Å²) >= 11 is 0. The second-order valence-electron chi connectivity index (χ2n) is 4.00. The van der Waals surface area contributed by atoms with E-state index < -0.39 is 7.82 Å². The molecule has 1 N–H and O–H groups in total. The fraction of sp³-hybridized carbons (Fsp3) is 0.917. The van der Waals surface area contributed by atoms with Crippen LogP contribution in [0.4, 0.5) is 0 Å². The summed E-state index contributed by atoms with van der Waals surface area (Å²) in [5.74, 6) is 0.0843. The van der Waals surface area contributed by atoms with Crippen LogP contribution < -0.4 is 5.32 Å². The van der Waals surface area contributed by atoms with Gasteiger partial charge in [-0.25, -0.2) is 4.57 Å². The number of phosphoric ester groups is 1. The van der Waals surface area contributed by atoms with Crippen LogP contribution in [0.2, 0.25) is 0 Å². The van der Waals surface area contributed by atoms with E-state index >= 15 is 0 Å². The van der Waals surface area contributed by atoms with Crippen LogP contribution in [0, 0.1) is 0 Å². The largest absolute Gasteiger partial charge is 0.474 e. The molecule has 1 unspecified atom stereocenters. The Bertz CT molecular complexity index is 291. The number of carbonyl (C=O) groups excluding carboxylic acids is 1. The highest BCUT2D eigenvalue weighted by molar-refractivity contribution is 7.48. The minimum absolute atomic E-state index is 0. The van der Waals surface area contributed by atoms with Crippen LogP contribution in [0.15, 0.2) is 0 Å².